The first-order chi connectivity index (χ1) is 9.97. The van der Waals surface area contributed by atoms with Crippen molar-refractivity contribution in [3.05, 3.63) is 64.2 Å². The van der Waals surface area contributed by atoms with Crippen LogP contribution in [0.15, 0.2) is 42.5 Å². The molecule has 0 saturated heterocycles. The summed E-state index contributed by atoms with van der Waals surface area (Å²) in [6.45, 7) is 1.85. The van der Waals surface area contributed by atoms with Crippen molar-refractivity contribution >= 4 is 29.2 Å². The summed E-state index contributed by atoms with van der Waals surface area (Å²) in [4.78, 5) is 23.0. The van der Waals surface area contributed by atoms with Gasteiger partial charge in [-0.2, -0.15) is 0 Å². The normalized spacial score (nSPS) is 10.2. The van der Waals surface area contributed by atoms with Crippen LogP contribution >= 0.6 is 11.6 Å². The van der Waals surface area contributed by atoms with Crippen molar-refractivity contribution in [2.45, 2.75) is 13.3 Å². The van der Waals surface area contributed by atoms with E-state index in [9.17, 15) is 9.59 Å². The van der Waals surface area contributed by atoms with Crippen LogP contribution in [-0.4, -0.2) is 17.0 Å². The molecule has 0 spiro atoms. The van der Waals surface area contributed by atoms with Crippen LogP contribution in [-0.2, 0) is 11.2 Å². The lowest BCUT2D eigenvalue weighted by molar-refractivity contribution is -0.136. The van der Waals surface area contributed by atoms with Gasteiger partial charge in [-0.05, 0) is 36.2 Å². The van der Waals surface area contributed by atoms with Crippen molar-refractivity contribution in [2.75, 3.05) is 5.32 Å². The minimum absolute atomic E-state index is 0.148. The molecule has 0 heterocycles. The minimum Gasteiger partial charge on any atom is -0.481 e. The lowest BCUT2D eigenvalue weighted by Gasteiger charge is -2.10. The van der Waals surface area contributed by atoms with Crippen molar-refractivity contribution in [1.29, 1.82) is 0 Å². The van der Waals surface area contributed by atoms with Gasteiger partial charge in [0.25, 0.3) is 5.91 Å². The molecule has 0 radical (unpaired) electrons. The summed E-state index contributed by atoms with van der Waals surface area (Å²) < 4.78 is 0. The quantitative estimate of drug-likeness (QED) is 0.908. The molecule has 0 aliphatic heterocycles. The number of rotatable bonds is 4. The number of benzene rings is 2. The second-order valence-electron chi connectivity index (χ2n) is 4.65. The zero-order valence-corrected chi connectivity index (χ0v) is 12.1. The van der Waals surface area contributed by atoms with E-state index in [1.807, 2.05) is 6.92 Å². The van der Waals surface area contributed by atoms with E-state index in [1.165, 1.54) is 0 Å². The molecule has 0 unspecified atom stereocenters. The van der Waals surface area contributed by atoms with E-state index < -0.39 is 5.97 Å². The summed E-state index contributed by atoms with van der Waals surface area (Å²) in [7, 11) is 0. The molecule has 0 bridgehead atoms. The van der Waals surface area contributed by atoms with Crippen LogP contribution in [0, 0.1) is 6.92 Å². The maximum absolute atomic E-state index is 12.2. The van der Waals surface area contributed by atoms with Gasteiger partial charge in [-0.15, -0.1) is 0 Å². The Morgan fingerprint density at radius 1 is 1.19 bits per heavy atom. The molecular formula is C16H14ClNO3. The molecule has 0 aliphatic carbocycles. The number of hydrogen-bond donors (Lipinski definition) is 2. The lowest BCUT2D eigenvalue weighted by atomic mass is 10.1. The van der Waals surface area contributed by atoms with Crippen LogP contribution in [0.4, 0.5) is 5.69 Å². The van der Waals surface area contributed by atoms with Crippen LogP contribution in [0.25, 0.3) is 0 Å². The number of carboxylic acids is 1. The van der Waals surface area contributed by atoms with E-state index >= 15 is 0 Å². The van der Waals surface area contributed by atoms with E-state index in [2.05, 4.69) is 5.32 Å². The van der Waals surface area contributed by atoms with Crippen LogP contribution < -0.4 is 5.32 Å². The molecule has 0 aromatic heterocycles. The van der Waals surface area contributed by atoms with E-state index in [0.717, 1.165) is 5.56 Å². The highest BCUT2D eigenvalue weighted by Gasteiger charge is 2.11. The predicted molar refractivity (Wildman–Crippen MR) is 81.9 cm³/mol. The molecule has 4 nitrogen and oxygen atoms in total. The summed E-state index contributed by atoms with van der Waals surface area (Å²) in [6, 6.07) is 11.8. The molecule has 2 N–H and O–H groups in total. The summed E-state index contributed by atoms with van der Waals surface area (Å²) in [6.07, 6.45) is -0.148. The number of nitrogens with one attached hydrogen (secondary N) is 1. The van der Waals surface area contributed by atoms with E-state index in [-0.39, 0.29) is 12.3 Å². The van der Waals surface area contributed by atoms with Gasteiger partial charge in [-0.1, -0.05) is 35.9 Å². The Hall–Kier alpha value is -2.33. The van der Waals surface area contributed by atoms with Crippen molar-refractivity contribution < 1.29 is 14.7 Å². The Bertz CT molecular complexity index is 698. The first-order valence-electron chi connectivity index (χ1n) is 6.34. The largest absolute Gasteiger partial charge is 0.481 e. The molecule has 2 rings (SSSR count). The third-order valence-electron chi connectivity index (χ3n) is 3.04. The van der Waals surface area contributed by atoms with Gasteiger partial charge >= 0.3 is 5.97 Å². The number of carboxylic acid groups (broad SMARTS) is 1. The second kappa shape index (κ2) is 6.41. The topological polar surface area (TPSA) is 66.4 Å². The number of anilines is 1. The zero-order valence-electron chi connectivity index (χ0n) is 11.4. The molecule has 5 heteroatoms. The third-order valence-corrected chi connectivity index (χ3v) is 3.45. The Balaban J connectivity index is 2.23. The molecule has 0 fully saturated rings. The van der Waals surface area contributed by atoms with Gasteiger partial charge in [0.2, 0.25) is 0 Å². The fourth-order valence-corrected chi connectivity index (χ4v) is 2.07. The number of aliphatic carboxylic acids is 1. The van der Waals surface area contributed by atoms with E-state index in [4.69, 9.17) is 16.7 Å². The van der Waals surface area contributed by atoms with Crippen LogP contribution in [0.5, 0.6) is 0 Å². The SMILES string of the molecule is Cc1ccc(C(=O)Nc2ccccc2CC(=O)O)cc1Cl. The fraction of sp³-hybridized carbons (Fsp3) is 0.125. The number of carbonyl (C=O) groups excluding carboxylic acids is 1. The molecule has 0 atom stereocenters. The highest BCUT2D eigenvalue weighted by molar-refractivity contribution is 6.31. The van der Waals surface area contributed by atoms with Crippen LogP contribution in [0.2, 0.25) is 5.02 Å². The molecule has 2 aromatic rings. The maximum atomic E-state index is 12.2. The Morgan fingerprint density at radius 2 is 1.90 bits per heavy atom. The third kappa shape index (κ3) is 3.83. The molecule has 0 saturated carbocycles. The van der Waals surface area contributed by atoms with E-state index in [1.54, 1.807) is 42.5 Å². The van der Waals surface area contributed by atoms with Crippen molar-refractivity contribution in [3.8, 4) is 0 Å². The summed E-state index contributed by atoms with van der Waals surface area (Å²) in [5, 5.41) is 12.1. The number of hydrogen-bond acceptors (Lipinski definition) is 2. The maximum Gasteiger partial charge on any atom is 0.307 e. The average Bonchev–Trinajstić information content (AvgIpc) is 2.43. The minimum atomic E-state index is -0.949. The van der Waals surface area contributed by atoms with Crippen molar-refractivity contribution in [2.24, 2.45) is 0 Å². The van der Waals surface area contributed by atoms with Crippen molar-refractivity contribution in [3.63, 3.8) is 0 Å². The summed E-state index contributed by atoms with van der Waals surface area (Å²) in [5.74, 6) is -1.27. The Labute approximate surface area is 127 Å². The van der Waals surface area contributed by atoms with Gasteiger partial charge < -0.3 is 10.4 Å². The fourth-order valence-electron chi connectivity index (χ4n) is 1.89. The molecule has 0 aliphatic rings. The molecule has 1 amide bonds. The van der Waals surface area contributed by atoms with Crippen molar-refractivity contribution in [1.82, 2.24) is 0 Å². The van der Waals surface area contributed by atoms with Crippen LogP contribution in [0.3, 0.4) is 0 Å². The second-order valence-corrected chi connectivity index (χ2v) is 5.05. The number of carbonyl (C=O) groups is 2. The van der Waals surface area contributed by atoms with Gasteiger partial charge in [0.05, 0.1) is 6.42 Å². The monoisotopic (exact) mass is 303 g/mol. The Kier molecular flexibility index (Phi) is 4.60. The van der Waals surface area contributed by atoms with Gasteiger partial charge in [0, 0.05) is 16.3 Å². The first kappa shape index (κ1) is 15.1. The molecule has 21 heavy (non-hydrogen) atoms. The average molecular weight is 304 g/mol. The number of para-hydroxylation sites is 1. The van der Waals surface area contributed by atoms with Crippen LogP contribution in [0.1, 0.15) is 21.5 Å². The van der Waals surface area contributed by atoms with Gasteiger partial charge in [0.1, 0.15) is 0 Å². The Morgan fingerprint density at radius 3 is 2.57 bits per heavy atom. The highest BCUT2D eigenvalue weighted by Crippen LogP contribution is 2.20. The summed E-state index contributed by atoms with van der Waals surface area (Å²) in [5.41, 5.74) is 2.35. The van der Waals surface area contributed by atoms with Gasteiger partial charge in [-0.3, -0.25) is 9.59 Å². The predicted octanol–water partition coefficient (Wildman–Crippen LogP) is 3.53. The molecular weight excluding hydrogens is 290 g/mol. The standard InChI is InChI=1S/C16H14ClNO3/c1-10-6-7-12(8-13(10)17)16(21)18-14-5-3-2-4-11(14)9-15(19)20/h2-8H,9H2,1H3,(H,18,21)(H,19,20). The zero-order chi connectivity index (χ0) is 15.4. The van der Waals surface area contributed by atoms with Gasteiger partial charge in [0.15, 0.2) is 0 Å². The number of halogens is 1. The number of aryl methyl sites for hydroxylation is 1. The number of amides is 1. The highest BCUT2D eigenvalue weighted by atomic mass is 35.5. The molecule has 2 aromatic carbocycles. The van der Waals surface area contributed by atoms with E-state index in [0.29, 0.717) is 21.8 Å². The smallest absolute Gasteiger partial charge is 0.307 e. The summed E-state index contributed by atoms with van der Waals surface area (Å²) >= 11 is 6.00. The first-order valence-corrected chi connectivity index (χ1v) is 6.72. The molecule has 108 valence electrons. The lowest BCUT2D eigenvalue weighted by Crippen LogP contribution is -2.14. The van der Waals surface area contributed by atoms with Gasteiger partial charge in [-0.25, -0.2) is 0 Å².